The zero-order valence-corrected chi connectivity index (χ0v) is 10.8. The van der Waals surface area contributed by atoms with E-state index in [-0.39, 0.29) is 11.9 Å². The molecule has 1 atom stereocenters. The zero-order valence-electron chi connectivity index (χ0n) is 9.26. The molecule has 3 heteroatoms. The number of hydrogen-bond donors (Lipinski definition) is 1. The molecule has 0 aromatic heterocycles. The van der Waals surface area contributed by atoms with Crippen LogP contribution in [0.15, 0.2) is 22.7 Å². The molecule has 0 bridgehead atoms. The molecule has 0 amide bonds. The highest BCUT2D eigenvalue weighted by Gasteiger charge is 2.23. The minimum Gasteiger partial charge on any atom is -0.324 e. The zero-order chi connectivity index (χ0) is 11.5. The van der Waals surface area contributed by atoms with Crippen molar-refractivity contribution in [1.82, 2.24) is 0 Å². The van der Waals surface area contributed by atoms with E-state index < -0.39 is 0 Å². The Labute approximate surface area is 104 Å². The van der Waals surface area contributed by atoms with Crippen LogP contribution >= 0.6 is 15.9 Å². The second-order valence-corrected chi connectivity index (χ2v) is 5.51. The van der Waals surface area contributed by atoms with E-state index in [1.54, 1.807) is 6.07 Å². The van der Waals surface area contributed by atoms with E-state index in [4.69, 9.17) is 5.73 Å². The van der Waals surface area contributed by atoms with Crippen molar-refractivity contribution in [2.45, 2.75) is 38.1 Å². The first kappa shape index (κ1) is 12.1. The first-order valence-electron chi connectivity index (χ1n) is 5.89. The minimum atomic E-state index is -0.179. The van der Waals surface area contributed by atoms with Gasteiger partial charge in [0, 0.05) is 16.1 Å². The van der Waals surface area contributed by atoms with E-state index in [1.165, 1.54) is 25.3 Å². The van der Waals surface area contributed by atoms with Crippen LogP contribution in [0.5, 0.6) is 0 Å². The van der Waals surface area contributed by atoms with Crippen molar-refractivity contribution in [3.8, 4) is 0 Å². The predicted octanol–water partition coefficient (Wildman–Crippen LogP) is 4.17. The minimum absolute atomic E-state index is 0.155. The SMILES string of the molecule is N[C@@H](c1cc(Br)ccc1F)C1CCCCC1. The third-order valence-corrected chi connectivity index (χ3v) is 3.97. The molecule has 16 heavy (non-hydrogen) atoms. The van der Waals surface area contributed by atoms with Crippen LogP contribution < -0.4 is 5.73 Å². The number of rotatable bonds is 2. The van der Waals surface area contributed by atoms with Crippen molar-refractivity contribution in [3.05, 3.63) is 34.1 Å². The van der Waals surface area contributed by atoms with Crippen molar-refractivity contribution < 1.29 is 4.39 Å². The molecule has 0 heterocycles. The predicted molar refractivity (Wildman–Crippen MR) is 67.6 cm³/mol. The maximum absolute atomic E-state index is 13.7. The molecule has 0 radical (unpaired) electrons. The molecule has 1 aromatic carbocycles. The summed E-state index contributed by atoms with van der Waals surface area (Å²) in [5, 5.41) is 0. The Morgan fingerprint density at radius 1 is 1.25 bits per heavy atom. The van der Waals surface area contributed by atoms with E-state index >= 15 is 0 Å². The molecule has 1 aromatic rings. The second-order valence-electron chi connectivity index (χ2n) is 4.59. The third kappa shape index (κ3) is 2.64. The topological polar surface area (TPSA) is 26.0 Å². The van der Waals surface area contributed by atoms with Crippen LogP contribution in [0.25, 0.3) is 0 Å². The van der Waals surface area contributed by atoms with Gasteiger partial charge in [0.25, 0.3) is 0 Å². The van der Waals surface area contributed by atoms with Crippen LogP contribution in [-0.4, -0.2) is 0 Å². The van der Waals surface area contributed by atoms with E-state index in [0.717, 1.165) is 17.3 Å². The molecule has 1 aliphatic rings. The lowest BCUT2D eigenvalue weighted by Gasteiger charge is -2.28. The van der Waals surface area contributed by atoms with Crippen LogP contribution in [0.4, 0.5) is 4.39 Å². The lowest BCUT2D eigenvalue weighted by Crippen LogP contribution is -2.24. The number of hydrogen-bond acceptors (Lipinski definition) is 1. The van der Waals surface area contributed by atoms with E-state index in [9.17, 15) is 4.39 Å². The molecule has 0 aliphatic heterocycles. The van der Waals surface area contributed by atoms with Crippen molar-refractivity contribution in [3.63, 3.8) is 0 Å². The lowest BCUT2D eigenvalue weighted by molar-refractivity contribution is 0.303. The van der Waals surface area contributed by atoms with Crippen LogP contribution in [0.1, 0.15) is 43.7 Å². The normalized spacial score (nSPS) is 19.7. The number of halogens is 2. The smallest absolute Gasteiger partial charge is 0.128 e. The molecule has 1 fully saturated rings. The molecule has 0 spiro atoms. The van der Waals surface area contributed by atoms with Crippen LogP contribution in [0, 0.1) is 11.7 Å². The van der Waals surface area contributed by atoms with E-state index in [2.05, 4.69) is 15.9 Å². The van der Waals surface area contributed by atoms with Crippen LogP contribution in [0.2, 0.25) is 0 Å². The average molecular weight is 286 g/mol. The Balaban J connectivity index is 2.18. The maximum Gasteiger partial charge on any atom is 0.128 e. The first-order chi connectivity index (χ1) is 7.68. The molecular formula is C13H17BrFN. The van der Waals surface area contributed by atoms with Gasteiger partial charge in [0.05, 0.1) is 0 Å². The summed E-state index contributed by atoms with van der Waals surface area (Å²) in [6, 6.07) is 4.86. The summed E-state index contributed by atoms with van der Waals surface area (Å²) in [7, 11) is 0. The highest BCUT2D eigenvalue weighted by molar-refractivity contribution is 9.10. The van der Waals surface area contributed by atoms with E-state index in [1.807, 2.05) is 6.07 Å². The Hall–Kier alpha value is -0.410. The summed E-state index contributed by atoms with van der Waals surface area (Å²) >= 11 is 3.37. The van der Waals surface area contributed by atoms with Gasteiger partial charge < -0.3 is 5.73 Å². The summed E-state index contributed by atoms with van der Waals surface area (Å²) in [5.41, 5.74) is 6.83. The largest absolute Gasteiger partial charge is 0.324 e. The van der Waals surface area contributed by atoms with Crippen molar-refractivity contribution >= 4 is 15.9 Å². The summed E-state index contributed by atoms with van der Waals surface area (Å²) in [4.78, 5) is 0. The molecule has 1 aliphatic carbocycles. The Morgan fingerprint density at radius 2 is 1.94 bits per heavy atom. The standard InChI is InChI=1S/C13H17BrFN/c14-10-6-7-12(15)11(8-10)13(16)9-4-2-1-3-5-9/h6-9,13H,1-5,16H2/t13-/m1/s1. The van der Waals surface area contributed by atoms with Gasteiger partial charge in [0.2, 0.25) is 0 Å². The summed E-state index contributed by atoms with van der Waals surface area (Å²) in [6.07, 6.45) is 6.02. The summed E-state index contributed by atoms with van der Waals surface area (Å²) < 4.78 is 14.6. The maximum atomic E-state index is 13.7. The lowest BCUT2D eigenvalue weighted by atomic mass is 9.81. The fourth-order valence-electron chi connectivity index (χ4n) is 2.52. The van der Waals surface area contributed by atoms with Crippen molar-refractivity contribution in [2.24, 2.45) is 11.7 Å². The van der Waals surface area contributed by atoms with Gasteiger partial charge >= 0.3 is 0 Å². The monoisotopic (exact) mass is 285 g/mol. The van der Waals surface area contributed by atoms with Gasteiger partial charge in [0.15, 0.2) is 0 Å². The molecule has 1 saturated carbocycles. The molecule has 88 valence electrons. The third-order valence-electron chi connectivity index (χ3n) is 3.47. The Bertz CT molecular complexity index is 361. The molecule has 0 saturated heterocycles. The second kappa shape index (κ2) is 5.28. The fraction of sp³-hybridized carbons (Fsp3) is 0.538. The average Bonchev–Trinajstić information content (AvgIpc) is 2.32. The van der Waals surface area contributed by atoms with Crippen LogP contribution in [0.3, 0.4) is 0 Å². The Morgan fingerprint density at radius 3 is 2.62 bits per heavy atom. The molecular weight excluding hydrogens is 269 g/mol. The molecule has 2 N–H and O–H groups in total. The van der Waals surface area contributed by atoms with Gasteiger partial charge in [-0.15, -0.1) is 0 Å². The van der Waals surface area contributed by atoms with Gasteiger partial charge in [-0.25, -0.2) is 4.39 Å². The first-order valence-corrected chi connectivity index (χ1v) is 6.68. The molecule has 1 nitrogen and oxygen atoms in total. The van der Waals surface area contributed by atoms with Gasteiger partial charge in [-0.3, -0.25) is 0 Å². The van der Waals surface area contributed by atoms with Gasteiger partial charge in [-0.05, 0) is 37.0 Å². The van der Waals surface area contributed by atoms with Crippen LogP contribution in [-0.2, 0) is 0 Å². The molecule has 2 rings (SSSR count). The summed E-state index contributed by atoms with van der Waals surface area (Å²) in [5.74, 6) is 0.263. The van der Waals surface area contributed by atoms with Crippen molar-refractivity contribution in [2.75, 3.05) is 0 Å². The van der Waals surface area contributed by atoms with E-state index in [0.29, 0.717) is 11.5 Å². The number of benzene rings is 1. The highest BCUT2D eigenvalue weighted by atomic mass is 79.9. The summed E-state index contributed by atoms with van der Waals surface area (Å²) in [6.45, 7) is 0. The number of nitrogens with two attached hydrogens (primary N) is 1. The van der Waals surface area contributed by atoms with Gasteiger partial charge in [-0.2, -0.15) is 0 Å². The fourth-order valence-corrected chi connectivity index (χ4v) is 2.90. The quantitative estimate of drug-likeness (QED) is 0.867. The van der Waals surface area contributed by atoms with Crippen molar-refractivity contribution in [1.29, 1.82) is 0 Å². The Kier molecular flexibility index (Phi) is 3.98. The highest BCUT2D eigenvalue weighted by Crippen LogP contribution is 2.34. The molecule has 0 unspecified atom stereocenters. The van der Waals surface area contributed by atoms with Gasteiger partial charge in [-0.1, -0.05) is 35.2 Å². The van der Waals surface area contributed by atoms with Gasteiger partial charge in [0.1, 0.15) is 5.82 Å².